The van der Waals surface area contributed by atoms with Gasteiger partial charge in [-0.15, -0.1) is 0 Å². The molecule has 1 aromatic carbocycles. The number of aromatic nitrogens is 1. The molecule has 4 heterocycles. The van der Waals surface area contributed by atoms with E-state index in [1.165, 1.54) is 13.2 Å². The summed E-state index contributed by atoms with van der Waals surface area (Å²) in [5, 5.41) is 0. The van der Waals surface area contributed by atoms with Gasteiger partial charge in [0.05, 0.1) is 12.7 Å². The molecule has 0 saturated carbocycles. The Morgan fingerprint density at radius 1 is 1.26 bits per heavy atom. The number of methoxy groups -OCH3 is 1. The summed E-state index contributed by atoms with van der Waals surface area (Å²) in [5.41, 5.74) is 1.31. The molecule has 1 amide bonds. The highest BCUT2D eigenvalue weighted by Crippen LogP contribution is 2.30. The lowest BCUT2D eigenvalue weighted by Crippen LogP contribution is -2.44. The van der Waals surface area contributed by atoms with Gasteiger partial charge in [-0.2, -0.15) is 0 Å². The summed E-state index contributed by atoms with van der Waals surface area (Å²) in [6.45, 7) is 2.90. The van der Waals surface area contributed by atoms with Gasteiger partial charge in [0.25, 0.3) is 5.91 Å². The van der Waals surface area contributed by atoms with Gasteiger partial charge in [-0.05, 0) is 37.0 Å². The van der Waals surface area contributed by atoms with Crippen molar-refractivity contribution in [2.45, 2.75) is 25.4 Å². The number of pyridine rings is 1. The van der Waals surface area contributed by atoms with E-state index >= 15 is 0 Å². The van der Waals surface area contributed by atoms with Gasteiger partial charge in [0.2, 0.25) is 0 Å². The van der Waals surface area contributed by atoms with Gasteiger partial charge in [0.15, 0.2) is 0 Å². The molecule has 0 unspecified atom stereocenters. The maximum atomic E-state index is 14.4. The molecule has 0 aliphatic carbocycles. The third kappa shape index (κ3) is 3.81. The summed E-state index contributed by atoms with van der Waals surface area (Å²) >= 11 is 0. The minimum absolute atomic E-state index is 0.0393. The summed E-state index contributed by atoms with van der Waals surface area (Å²) < 4.78 is 19.5. The molecule has 0 N–H and O–H groups in total. The number of carbonyl (C=O) groups excluding carboxylic acids is 1. The molecule has 0 radical (unpaired) electrons. The highest BCUT2D eigenvalue weighted by Gasteiger charge is 2.36. The fraction of sp³-hybridized carbons (Fsp3) is 0.429. The summed E-state index contributed by atoms with van der Waals surface area (Å²) in [6, 6.07) is 8.89. The van der Waals surface area contributed by atoms with Crippen molar-refractivity contribution >= 4 is 5.91 Å². The van der Waals surface area contributed by atoms with Crippen LogP contribution in [0.1, 0.15) is 28.8 Å². The fourth-order valence-electron chi connectivity index (χ4n) is 4.21. The van der Waals surface area contributed by atoms with E-state index in [4.69, 9.17) is 4.74 Å². The van der Waals surface area contributed by atoms with Crippen LogP contribution in [0.5, 0.6) is 5.75 Å². The van der Waals surface area contributed by atoms with E-state index in [1.54, 1.807) is 30.6 Å². The number of amides is 1. The van der Waals surface area contributed by atoms with E-state index in [1.807, 2.05) is 11.0 Å². The zero-order valence-corrected chi connectivity index (χ0v) is 15.5. The number of carbonyl (C=O) groups is 1. The Morgan fingerprint density at radius 3 is 2.89 bits per heavy atom. The largest absolute Gasteiger partial charge is 0.497 e. The molecule has 5 rings (SSSR count). The molecule has 2 aromatic rings. The molecule has 3 aliphatic heterocycles. The summed E-state index contributed by atoms with van der Waals surface area (Å²) in [6.07, 6.45) is 5.45. The standard InChI is InChI=1S/C21H24FN3O2/c1-27-19-7-5-17(20(22)9-19)13-24-11-15-4-6-18(24)14-25(12-15)21(26)16-3-2-8-23-10-16/h2-3,5,7-10,15,18H,4,6,11-14H2,1H3/t15-,18-/m1/s1. The van der Waals surface area contributed by atoms with E-state index in [2.05, 4.69) is 9.88 Å². The number of halogens is 1. The molecule has 142 valence electrons. The molecule has 27 heavy (non-hydrogen) atoms. The molecule has 0 spiro atoms. The minimum atomic E-state index is -0.238. The Kier molecular flexibility index (Phi) is 5.07. The lowest BCUT2D eigenvalue weighted by atomic mass is 9.94. The molecule has 3 saturated heterocycles. The molecule has 3 aliphatic rings. The maximum absolute atomic E-state index is 14.4. The third-order valence-electron chi connectivity index (χ3n) is 5.66. The number of ether oxygens (including phenoxy) is 1. The summed E-state index contributed by atoms with van der Waals surface area (Å²) in [7, 11) is 1.54. The van der Waals surface area contributed by atoms with Crippen molar-refractivity contribution in [3.8, 4) is 5.75 Å². The van der Waals surface area contributed by atoms with Gasteiger partial charge in [0.1, 0.15) is 11.6 Å². The Bertz CT molecular complexity index is 814. The van der Waals surface area contributed by atoms with Gasteiger partial charge < -0.3 is 9.64 Å². The number of hydrogen-bond acceptors (Lipinski definition) is 4. The number of rotatable bonds is 4. The second-order valence-electron chi connectivity index (χ2n) is 7.44. The average Bonchev–Trinajstić information content (AvgIpc) is 3.01. The Labute approximate surface area is 158 Å². The average molecular weight is 369 g/mol. The van der Waals surface area contributed by atoms with Gasteiger partial charge in [-0.25, -0.2) is 4.39 Å². The van der Waals surface area contributed by atoms with Crippen LogP contribution >= 0.6 is 0 Å². The van der Waals surface area contributed by atoms with Crippen LogP contribution in [0.15, 0.2) is 42.7 Å². The quantitative estimate of drug-likeness (QED) is 0.831. The van der Waals surface area contributed by atoms with Crippen molar-refractivity contribution in [3.63, 3.8) is 0 Å². The van der Waals surface area contributed by atoms with Gasteiger partial charge >= 0.3 is 0 Å². The second kappa shape index (κ2) is 7.64. The van der Waals surface area contributed by atoms with Crippen LogP contribution in [-0.2, 0) is 6.54 Å². The lowest BCUT2D eigenvalue weighted by molar-refractivity contribution is 0.0735. The maximum Gasteiger partial charge on any atom is 0.255 e. The van der Waals surface area contributed by atoms with Gasteiger partial charge in [-0.1, -0.05) is 6.07 Å². The first-order valence-electron chi connectivity index (χ1n) is 9.40. The summed E-state index contributed by atoms with van der Waals surface area (Å²) in [5.74, 6) is 0.753. The van der Waals surface area contributed by atoms with Crippen molar-refractivity contribution < 1.29 is 13.9 Å². The Morgan fingerprint density at radius 2 is 2.15 bits per heavy atom. The Balaban J connectivity index is 1.49. The van der Waals surface area contributed by atoms with E-state index in [-0.39, 0.29) is 17.8 Å². The monoisotopic (exact) mass is 369 g/mol. The minimum Gasteiger partial charge on any atom is -0.497 e. The second-order valence-corrected chi connectivity index (χ2v) is 7.44. The number of fused-ring (bicyclic) bond motifs is 4. The van der Waals surface area contributed by atoms with Gasteiger partial charge in [0, 0.05) is 56.2 Å². The van der Waals surface area contributed by atoms with Crippen LogP contribution in [-0.4, -0.2) is 53.5 Å². The van der Waals surface area contributed by atoms with Crippen LogP contribution in [0, 0.1) is 11.7 Å². The SMILES string of the molecule is COc1ccc(CN2C[C@H]3CC[C@@H]2CN(C(=O)c2cccnc2)C3)c(F)c1. The van der Waals surface area contributed by atoms with Crippen molar-refractivity contribution in [2.75, 3.05) is 26.7 Å². The number of benzene rings is 1. The van der Waals surface area contributed by atoms with Crippen LogP contribution < -0.4 is 4.74 Å². The number of piperidine rings is 1. The summed E-state index contributed by atoms with van der Waals surface area (Å²) in [4.78, 5) is 21.2. The molecular weight excluding hydrogens is 345 g/mol. The van der Waals surface area contributed by atoms with Crippen molar-refractivity contribution in [2.24, 2.45) is 5.92 Å². The molecule has 2 bridgehead atoms. The van der Waals surface area contributed by atoms with E-state index in [9.17, 15) is 9.18 Å². The van der Waals surface area contributed by atoms with E-state index < -0.39 is 0 Å². The Hall–Kier alpha value is -2.47. The fourth-order valence-corrected chi connectivity index (χ4v) is 4.21. The molecule has 5 nitrogen and oxygen atoms in total. The van der Waals surface area contributed by atoms with Crippen LogP contribution in [0.2, 0.25) is 0 Å². The molecule has 1 aromatic heterocycles. The zero-order chi connectivity index (χ0) is 18.8. The van der Waals surface area contributed by atoms with Crippen molar-refractivity contribution in [3.05, 3.63) is 59.7 Å². The van der Waals surface area contributed by atoms with Crippen molar-refractivity contribution in [1.29, 1.82) is 0 Å². The predicted octanol–water partition coefficient (Wildman–Crippen LogP) is 2.97. The first-order chi connectivity index (χ1) is 13.1. The van der Waals surface area contributed by atoms with Crippen LogP contribution in [0.25, 0.3) is 0 Å². The van der Waals surface area contributed by atoms with Crippen LogP contribution in [0.4, 0.5) is 4.39 Å². The normalized spacial score (nSPS) is 22.5. The van der Waals surface area contributed by atoms with E-state index in [0.717, 1.165) is 25.9 Å². The number of hydrogen-bond donors (Lipinski definition) is 0. The first-order valence-corrected chi connectivity index (χ1v) is 9.40. The lowest BCUT2D eigenvalue weighted by Gasteiger charge is -2.36. The topological polar surface area (TPSA) is 45.7 Å². The third-order valence-corrected chi connectivity index (χ3v) is 5.66. The van der Waals surface area contributed by atoms with E-state index in [0.29, 0.717) is 35.9 Å². The highest BCUT2D eigenvalue weighted by molar-refractivity contribution is 5.94. The zero-order valence-electron chi connectivity index (χ0n) is 15.5. The van der Waals surface area contributed by atoms with Crippen molar-refractivity contribution in [1.82, 2.24) is 14.8 Å². The van der Waals surface area contributed by atoms with Gasteiger partial charge in [-0.3, -0.25) is 14.7 Å². The molecule has 3 fully saturated rings. The highest BCUT2D eigenvalue weighted by atomic mass is 19.1. The predicted molar refractivity (Wildman–Crippen MR) is 100 cm³/mol. The smallest absolute Gasteiger partial charge is 0.255 e. The first kappa shape index (κ1) is 17.9. The molecule has 2 atom stereocenters. The molecular formula is C21H24FN3O2. The number of nitrogens with zero attached hydrogens (tertiary/aromatic N) is 3. The molecule has 6 heteroatoms. The van der Waals surface area contributed by atoms with Crippen LogP contribution in [0.3, 0.4) is 0 Å².